The van der Waals surface area contributed by atoms with Gasteiger partial charge in [0, 0.05) is 11.6 Å². The number of amides is 2. The molecular weight excluding hydrogens is 348 g/mol. The average molecular weight is 373 g/mol. The number of carbonyl (C=O) groups excluding carboxylic acids is 1. The van der Waals surface area contributed by atoms with Crippen LogP contribution in [0.4, 0.5) is 10.5 Å². The fourth-order valence-electron chi connectivity index (χ4n) is 3.53. The van der Waals surface area contributed by atoms with E-state index in [0.29, 0.717) is 16.5 Å². The molecule has 1 unspecified atom stereocenters. The monoisotopic (exact) mass is 372 g/mol. The van der Waals surface area contributed by atoms with Crippen LogP contribution in [0.3, 0.4) is 0 Å². The number of nitrogens with zero attached hydrogens (tertiary/aromatic N) is 1. The van der Waals surface area contributed by atoms with Crippen LogP contribution in [0.25, 0.3) is 0 Å². The molecule has 0 aliphatic carbocycles. The maximum atomic E-state index is 13.1. The number of methoxy groups -OCH3 is 1. The molecule has 1 atom stereocenters. The minimum absolute atomic E-state index is 0.0120. The van der Waals surface area contributed by atoms with Gasteiger partial charge < -0.3 is 15.0 Å². The van der Waals surface area contributed by atoms with Crippen LogP contribution >= 0.6 is 11.6 Å². The molecular formula is C21H25ClN2O2. The van der Waals surface area contributed by atoms with Crippen LogP contribution < -0.4 is 10.1 Å². The van der Waals surface area contributed by atoms with Crippen molar-refractivity contribution < 1.29 is 9.53 Å². The number of halogens is 1. The zero-order chi connectivity index (χ0) is 18.5. The Balaban J connectivity index is 1.88. The number of nitrogens with one attached hydrogen (secondary N) is 1. The zero-order valence-electron chi connectivity index (χ0n) is 15.3. The number of hydrogen-bond donors (Lipinski definition) is 1. The molecule has 1 aliphatic heterocycles. The van der Waals surface area contributed by atoms with E-state index >= 15 is 0 Å². The Labute approximate surface area is 160 Å². The second kappa shape index (κ2) is 8.45. The largest absolute Gasteiger partial charge is 0.495 e. The minimum atomic E-state index is -0.110. The van der Waals surface area contributed by atoms with E-state index in [-0.39, 0.29) is 12.1 Å². The highest BCUT2D eigenvalue weighted by molar-refractivity contribution is 6.31. The van der Waals surface area contributed by atoms with Gasteiger partial charge in [-0.25, -0.2) is 4.79 Å². The molecule has 1 N–H and O–H groups in total. The third-order valence-electron chi connectivity index (χ3n) is 4.87. The second-order valence-corrected chi connectivity index (χ2v) is 7.12. The van der Waals surface area contributed by atoms with Crippen LogP contribution in [0.2, 0.25) is 5.02 Å². The van der Waals surface area contributed by atoms with Crippen LogP contribution in [0, 0.1) is 6.92 Å². The van der Waals surface area contributed by atoms with E-state index in [2.05, 4.69) is 5.32 Å². The molecule has 1 aliphatic rings. The van der Waals surface area contributed by atoms with E-state index in [9.17, 15) is 4.79 Å². The van der Waals surface area contributed by atoms with Gasteiger partial charge in [-0.15, -0.1) is 0 Å². The quantitative estimate of drug-likeness (QED) is 0.739. The molecule has 2 amide bonds. The number of benzene rings is 2. The summed E-state index contributed by atoms with van der Waals surface area (Å²) in [5.74, 6) is 0.660. The fraction of sp³-hybridized carbons (Fsp3) is 0.381. The topological polar surface area (TPSA) is 41.6 Å². The van der Waals surface area contributed by atoms with Crippen molar-refractivity contribution in [1.29, 1.82) is 0 Å². The summed E-state index contributed by atoms with van der Waals surface area (Å²) in [6, 6.07) is 13.5. The number of likely N-dealkylation sites (tertiary alicyclic amines) is 1. The van der Waals surface area contributed by atoms with Gasteiger partial charge in [-0.05, 0) is 49.1 Å². The maximum absolute atomic E-state index is 13.1. The van der Waals surface area contributed by atoms with Gasteiger partial charge >= 0.3 is 6.03 Å². The Bertz CT molecular complexity index is 778. The molecule has 1 fully saturated rings. The lowest BCUT2D eigenvalue weighted by Crippen LogP contribution is -2.38. The SMILES string of the molecule is COc1ccc(C)cc1NC(=O)N1CCCCCC1c1ccccc1Cl. The van der Waals surface area contributed by atoms with Gasteiger partial charge in [0.1, 0.15) is 5.75 Å². The van der Waals surface area contributed by atoms with Gasteiger partial charge in [-0.2, -0.15) is 0 Å². The summed E-state index contributed by atoms with van der Waals surface area (Å²) in [5, 5.41) is 3.75. The maximum Gasteiger partial charge on any atom is 0.322 e. The summed E-state index contributed by atoms with van der Waals surface area (Å²) in [6.45, 7) is 2.71. The van der Waals surface area contributed by atoms with Gasteiger partial charge in [0.2, 0.25) is 0 Å². The number of rotatable bonds is 3. The molecule has 2 aromatic carbocycles. The Morgan fingerprint density at radius 1 is 1.19 bits per heavy atom. The smallest absolute Gasteiger partial charge is 0.322 e. The molecule has 0 aromatic heterocycles. The summed E-state index contributed by atoms with van der Waals surface area (Å²) in [5.41, 5.74) is 2.78. The Morgan fingerprint density at radius 3 is 2.77 bits per heavy atom. The summed E-state index contributed by atoms with van der Waals surface area (Å²) >= 11 is 6.43. The van der Waals surface area contributed by atoms with Crippen LogP contribution in [0.15, 0.2) is 42.5 Å². The molecule has 0 bridgehead atoms. The van der Waals surface area contributed by atoms with Gasteiger partial charge in [-0.3, -0.25) is 0 Å². The highest BCUT2D eigenvalue weighted by atomic mass is 35.5. The van der Waals surface area contributed by atoms with Crippen molar-refractivity contribution in [3.05, 3.63) is 58.6 Å². The van der Waals surface area contributed by atoms with Gasteiger partial charge in [0.05, 0.1) is 18.8 Å². The van der Waals surface area contributed by atoms with E-state index in [1.54, 1.807) is 7.11 Å². The van der Waals surface area contributed by atoms with E-state index in [1.807, 2.05) is 54.3 Å². The van der Waals surface area contributed by atoms with Crippen molar-refractivity contribution in [2.75, 3.05) is 19.0 Å². The normalized spacial score (nSPS) is 17.5. The van der Waals surface area contributed by atoms with Gasteiger partial charge in [-0.1, -0.05) is 48.7 Å². The van der Waals surface area contributed by atoms with Crippen LogP contribution in [-0.2, 0) is 0 Å². The number of urea groups is 1. The molecule has 0 spiro atoms. The van der Waals surface area contributed by atoms with E-state index < -0.39 is 0 Å². The molecule has 3 rings (SSSR count). The first-order valence-corrected chi connectivity index (χ1v) is 9.44. The minimum Gasteiger partial charge on any atom is -0.495 e. The Hall–Kier alpha value is -2.20. The molecule has 4 nitrogen and oxygen atoms in total. The highest BCUT2D eigenvalue weighted by Gasteiger charge is 2.28. The third-order valence-corrected chi connectivity index (χ3v) is 5.22. The summed E-state index contributed by atoms with van der Waals surface area (Å²) in [4.78, 5) is 15.0. The standard InChI is InChI=1S/C21H25ClN2O2/c1-15-11-12-20(26-2)18(14-15)23-21(25)24-13-7-3-4-10-19(24)16-8-5-6-9-17(16)22/h5-6,8-9,11-12,14,19H,3-4,7,10,13H2,1-2H3,(H,23,25). The zero-order valence-corrected chi connectivity index (χ0v) is 16.1. The summed E-state index contributed by atoms with van der Waals surface area (Å²) in [6.07, 6.45) is 4.13. The molecule has 0 radical (unpaired) electrons. The fourth-order valence-corrected chi connectivity index (χ4v) is 3.79. The van der Waals surface area contributed by atoms with Crippen molar-refractivity contribution in [3.8, 4) is 5.75 Å². The lowest BCUT2D eigenvalue weighted by Gasteiger charge is -2.31. The number of carbonyl (C=O) groups is 1. The third kappa shape index (κ3) is 4.13. The molecule has 5 heteroatoms. The Kier molecular flexibility index (Phi) is 6.04. The van der Waals surface area contributed by atoms with E-state index in [0.717, 1.165) is 43.4 Å². The molecule has 1 saturated heterocycles. The first-order chi connectivity index (χ1) is 12.6. The van der Waals surface area contributed by atoms with Gasteiger partial charge in [0.25, 0.3) is 0 Å². The molecule has 138 valence electrons. The van der Waals surface area contributed by atoms with Crippen LogP contribution in [0.5, 0.6) is 5.75 Å². The van der Waals surface area contributed by atoms with Crippen LogP contribution in [0.1, 0.15) is 42.9 Å². The predicted octanol–water partition coefficient (Wildman–Crippen LogP) is 5.81. The average Bonchev–Trinajstić information content (AvgIpc) is 2.88. The number of ether oxygens (including phenoxy) is 1. The first-order valence-electron chi connectivity index (χ1n) is 9.07. The van der Waals surface area contributed by atoms with Crippen molar-refractivity contribution in [2.45, 2.75) is 38.6 Å². The summed E-state index contributed by atoms with van der Waals surface area (Å²) in [7, 11) is 1.61. The molecule has 26 heavy (non-hydrogen) atoms. The molecule has 0 saturated carbocycles. The van der Waals surface area contributed by atoms with Crippen molar-refractivity contribution in [2.24, 2.45) is 0 Å². The number of anilines is 1. The number of hydrogen-bond acceptors (Lipinski definition) is 2. The molecule has 1 heterocycles. The first kappa shape index (κ1) is 18.6. The second-order valence-electron chi connectivity index (χ2n) is 6.71. The lowest BCUT2D eigenvalue weighted by atomic mass is 10.0. The van der Waals surface area contributed by atoms with Crippen LogP contribution in [-0.4, -0.2) is 24.6 Å². The highest BCUT2D eigenvalue weighted by Crippen LogP contribution is 2.35. The Morgan fingerprint density at radius 2 is 2.00 bits per heavy atom. The number of aryl methyl sites for hydroxylation is 1. The van der Waals surface area contributed by atoms with E-state index in [1.165, 1.54) is 0 Å². The van der Waals surface area contributed by atoms with Gasteiger partial charge in [0.15, 0.2) is 0 Å². The van der Waals surface area contributed by atoms with Crippen molar-refractivity contribution >= 4 is 23.3 Å². The summed E-state index contributed by atoms with van der Waals surface area (Å²) < 4.78 is 5.39. The van der Waals surface area contributed by atoms with Crippen molar-refractivity contribution in [3.63, 3.8) is 0 Å². The van der Waals surface area contributed by atoms with Crippen molar-refractivity contribution in [1.82, 2.24) is 4.90 Å². The predicted molar refractivity (Wildman–Crippen MR) is 106 cm³/mol. The van der Waals surface area contributed by atoms with E-state index in [4.69, 9.17) is 16.3 Å². The lowest BCUT2D eigenvalue weighted by molar-refractivity contribution is 0.189. The molecule has 2 aromatic rings.